The Bertz CT molecular complexity index is 1600. The van der Waals surface area contributed by atoms with Gasteiger partial charge in [-0.3, -0.25) is 10.1 Å². The number of halogens is 2. The summed E-state index contributed by atoms with van der Waals surface area (Å²) in [5.74, 6) is -0.404. The number of carbonyl (C=O) groups excluding carboxylic acids is 3. The molecule has 0 radical (unpaired) electrons. The molecular formula is C28H25Cl2N5O5. The van der Waals surface area contributed by atoms with Gasteiger partial charge in [0.15, 0.2) is 5.69 Å². The van der Waals surface area contributed by atoms with Crippen LogP contribution in [0.4, 0.5) is 16.3 Å². The van der Waals surface area contributed by atoms with E-state index < -0.39 is 17.9 Å². The zero-order valence-electron chi connectivity index (χ0n) is 21.8. The Labute approximate surface area is 240 Å². The van der Waals surface area contributed by atoms with E-state index >= 15 is 0 Å². The van der Waals surface area contributed by atoms with E-state index in [1.54, 1.807) is 12.1 Å². The van der Waals surface area contributed by atoms with Gasteiger partial charge >= 0.3 is 12.0 Å². The number of benzene rings is 2. The molecule has 0 bridgehead atoms. The summed E-state index contributed by atoms with van der Waals surface area (Å²) in [6.45, 7) is 1.60. The number of nitrogens with one attached hydrogen (secondary N) is 2. The molecule has 12 heteroatoms. The molecule has 3 amide bonds. The largest absolute Gasteiger partial charge is 0.487 e. The third-order valence-corrected chi connectivity index (χ3v) is 6.66. The molecule has 0 aliphatic heterocycles. The summed E-state index contributed by atoms with van der Waals surface area (Å²) >= 11 is 13.1. The topological polar surface area (TPSA) is 123 Å². The number of methoxy groups -OCH3 is 1. The van der Waals surface area contributed by atoms with E-state index in [-0.39, 0.29) is 29.7 Å². The number of likely N-dealkylation sites (N-methyl/N-ethyl adjacent to an activating group) is 1. The van der Waals surface area contributed by atoms with Crippen LogP contribution in [0, 0.1) is 6.92 Å². The lowest BCUT2D eigenvalue weighted by molar-refractivity contribution is -0.117. The molecule has 40 heavy (non-hydrogen) atoms. The van der Waals surface area contributed by atoms with Crippen LogP contribution >= 0.6 is 23.2 Å². The van der Waals surface area contributed by atoms with Crippen molar-refractivity contribution in [2.24, 2.45) is 0 Å². The molecule has 2 heterocycles. The summed E-state index contributed by atoms with van der Waals surface area (Å²) in [6, 6.07) is 16.5. The van der Waals surface area contributed by atoms with Crippen molar-refractivity contribution in [2.75, 3.05) is 30.9 Å². The minimum Gasteiger partial charge on any atom is -0.487 e. The first-order valence-corrected chi connectivity index (χ1v) is 12.8. The summed E-state index contributed by atoms with van der Waals surface area (Å²) < 4.78 is 10.7. The Morgan fingerprint density at radius 3 is 2.52 bits per heavy atom. The number of aromatic nitrogens is 2. The molecule has 0 aliphatic carbocycles. The third kappa shape index (κ3) is 6.59. The van der Waals surface area contributed by atoms with E-state index in [0.29, 0.717) is 22.0 Å². The maximum absolute atomic E-state index is 12.9. The molecule has 0 spiro atoms. The summed E-state index contributed by atoms with van der Waals surface area (Å²) in [4.78, 5) is 46.7. The van der Waals surface area contributed by atoms with Crippen LogP contribution in [-0.4, -0.2) is 48.6 Å². The number of rotatable bonds is 8. The molecule has 0 saturated carbocycles. The van der Waals surface area contributed by atoms with Gasteiger partial charge in [-0.1, -0.05) is 47.5 Å². The molecule has 2 aromatic heterocycles. The first kappa shape index (κ1) is 28.6. The average molecular weight is 582 g/mol. The molecule has 10 nitrogen and oxygen atoms in total. The number of aryl methyl sites for hydroxylation is 1. The summed E-state index contributed by atoms with van der Waals surface area (Å²) in [5, 5.41) is 6.47. The Hall–Kier alpha value is -4.41. The Kier molecular flexibility index (Phi) is 9.03. The number of para-hydroxylation sites is 1. The van der Waals surface area contributed by atoms with Gasteiger partial charge in [0.1, 0.15) is 23.7 Å². The number of hydrogen-bond donors (Lipinski definition) is 2. The lowest BCUT2D eigenvalue weighted by atomic mass is 10.1. The van der Waals surface area contributed by atoms with Gasteiger partial charge in [-0.2, -0.15) is 0 Å². The van der Waals surface area contributed by atoms with Crippen molar-refractivity contribution in [2.45, 2.75) is 13.5 Å². The fourth-order valence-electron chi connectivity index (χ4n) is 3.75. The predicted molar refractivity (Wildman–Crippen MR) is 153 cm³/mol. The van der Waals surface area contributed by atoms with Gasteiger partial charge in [-0.15, -0.1) is 0 Å². The number of ether oxygens (including phenoxy) is 2. The van der Waals surface area contributed by atoms with Crippen LogP contribution < -0.4 is 20.3 Å². The van der Waals surface area contributed by atoms with Crippen molar-refractivity contribution in [3.8, 4) is 5.75 Å². The summed E-state index contributed by atoms with van der Waals surface area (Å²) in [5.41, 5.74) is 2.48. The lowest BCUT2D eigenvalue weighted by Gasteiger charge is -2.21. The van der Waals surface area contributed by atoms with E-state index in [0.717, 1.165) is 16.6 Å². The van der Waals surface area contributed by atoms with Crippen molar-refractivity contribution in [3.63, 3.8) is 0 Å². The van der Waals surface area contributed by atoms with Gasteiger partial charge in [0.2, 0.25) is 5.91 Å². The highest BCUT2D eigenvalue weighted by Gasteiger charge is 2.20. The molecule has 206 valence electrons. The minimum atomic E-state index is -0.688. The van der Waals surface area contributed by atoms with E-state index in [1.165, 1.54) is 37.3 Å². The number of anilines is 2. The van der Waals surface area contributed by atoms with Gasteiger partial charge in [0, 0.05) is 28.7 Å². The van der Waals surface area contributed by atoms with Gasteiger partial charge in [-0.05, 0) is 43.3 Å². The minimum absolute atomic E-state index is 0.0279. The number of fused-ring (bicyclic) bond motifs is 1. The quantitative estimate of drug-likeness (QED) is 0.267. The second-order valence-electron chi connectivity index (χ2n) is 8.59. The van der Waals surface area contributed by atoms with Crippen LogP contribution in [0.5, 0.6) is 5.75 Å². The molecule has 0 fully saturated rings. The molecule has 0 unspecified atom stereocenters. The van der Waals surface area contributed by atoms with Crippen LogP contribution in [0.2, 0.25) is 10.0 Å². The molecule has 2 aromatic carbocycles. The van der Waals surface area contributed by atoms with Crippen LogP contribution in [0.3, 0.4) is 0 Å². The Morgan fingerprint density at radius 2 is 1.75 bits per heavy atom. The zero-order valence-corrected chi connectivity index (χ0v) is 23.3. The number of urea groups is 1. The molecule has 2 N–H and O–H groups in total. The van der Waals surface area contributed by atoms with Gasteiger partial charge in [-0.25, -0.2) is 19.6 Å². The van der Waals surface area contributed by atoms with E-state index in [9.17, 15) is 14.4 Å². The zero-order chi connectivity index (χ0) is 28.8. The van der Waals surface area contributed by atoms with Gasteiger partial charge in [0.25, 0.3) is 0 Å². The summed E-state index contributed by atoms with van der Waals surface area (Å²) in [6.07, 6.45) is 0. The van der Waals surface area contributed by atoms with Gasteiger partial charge < -0.3 is 19.7 Å². The first-order chi connectivity index (χ1) is 19.2. The highest BCUT2D eigenvalue weighted by Crippen LogP contribution is 2.35. The third-order valence-electron chi connectivity index (χ3n) is 5.88. The van der Waals surface area contributed by atoms with Crippen molar-refractivity contribution >= 4 is 63.5 Å². The Balaban J connectivity index is 1.41. The molecule has 4 rings (SSSR count). The maximum Gasteiger partial charge on any atom is 0.356 e. The first-order valence-electron chi connectivity index (χ1n) is 12.0. The maximum atomic E-state index is 12.9. The number of esters is 1. The van der Waals surface area contributed by atoms with Crippen LogP contribution in [-0.2, 0) is 16.1 Å². The van der Waals surface area contributed by atoms with Crippen molar-refractivity contribution in [1.29, 1.82) is 0 Å². The second-order valence-corrected chi connectivity index (χ2v) is 9.37. The van der Waals surface area contributed by atoms with Crippen molar-refractivity contribution in [1.82, 2.24) is 15.3 Å². The SMILES string of the molecule is COC(=O)c1cccc(NC(=O)NCC(=O)N(C)c2ccc(Cl)c(COc3cccc4ccc(C)nc34)c2Cl)n1. The number of hydrogen-bond acceptors (Lipinski definition) is 7. The normalized spacial score (nSPS) is 10.6. The number of amides is 3. The monoisotopic (exact) mass is 581 g/mol. The highest BCUT2D eigenvalue weighted by atomic mass is 35.5. The molecule has 0 aliphatic rings. The van der Waals surface area contributed by atoms with Crippen molar-refractivity contribution < 1.29 is 23.9 Å². The summed E-state index contributed by atoms with van der Waals surface area (Å²) in [7, 11) is 2.76. The number of carbonyl (C=O) groups is 3. The Morgan fingerprint density at radius 1 is 0.975 bits per heavy atom. The highest BCUT2D eigenvalue weighted by molar-refractivity contribution is 6.38. The van der Waals surface area contributed by atoms with Crippen LogP contribution in [0.15, 0.2) is 60.7 Å². The average Bonchev–Trinajstić information content (AvgIpc) is 2.95. The van der Waals surface area contributed by atoms with E-state index in [4.69, 9.17) is 27.9 Å². The van der Waals surface area contributed by atoms with Crippen molar-refractivity contribution in [3.05, 3.63) is 87.7 Å². The molecular weight excluding hydrogens is 557 g/mol. The number of pyridine rings is 2. The fraction of sp³-hybridized carbons (Fsp3) is 0.179. The van der Waals surface area contributed by atoms with Crippen LogP contribution in [0.1, 0.15) is 21.7 Å². The molecule has 4 aromatic rings. The van der Waals surface area contributed by atoms with E-state index in [2.05, 4.69) is 25.3 Å². The second kappa shape index (κ2) is 12.6. The smallest absolute Gasteiger partial charge is 0.356 e. The molecule has 0 saturated heterocycles. The standard InChI is InChI=1S/C28H25Cl2N5O5/c1-16-10-11-17-6-4-8-22(26(17)32-16)40-15-18-19(29)12-13-21(25(18)30)35(2)24(36)14-31-28(38)34-23-9-5-7-20(33-23)27(37)39-3/h4-13H,14-15H2,1-3H3,(H2,31,33,34,38). The predicted octanol–water partition coefficient (Wildman–Crippen LogP) is 5.40. The van der Waals surface area contributed by atoms with Crippen LogP contribution in [0.25, 0.3) is 10.9 Å². The fourth-order valence-corrected chi connectivity index (χ4v) is 4.36. The lowest BCUT2D eigenvalue weighted by Crippen LogP contribution is -2.40. The molecule has 0 atom stereocenters. The van der Waals surface area contributed by atoms with E-state index in [1.807, 2.05) is 37.3 Å². The number of nitrogens with zero attached hydrogens (tertiary/aromatic N) is 3. The van der Waals surface area contributed by atoms with Gasteiger partial charge in [0.05, 0.1) is 24.4 Å².